The molecule has 0 atom stereocenters. The number of hydrogen-bond donors (Lipinski definition) is 0. The van der Waals surface area contributed by atoms with Gasteiger partial charge in [0.1, 0.15) is 12.4 Å². The van der Waals surface area contributed by atoms with Gasteiger partial charge in [0.25, 0.3) is 0 Å². The Morgan fingerprint density at radius 1 is 0.815 bits per heavy atom. The minimum atomic E-state index is 0.534. The van der Waals surface area contributed by atoms with E-state index < -0.39 is 0 Å². The Balaban J connectivity index is 1.71. The van der Waals surface area contributed by atoms with Gasteiger partial charge in [-0.1, -0.05) is 69.3 Å². The van der Waals surface area contributed by atoms with E-state index in [4.69, 9.17) is 4.74 Å². The molecular formula is C26H24O. The van der Waals surface area contributed by atoms with Gasteiger partial charge in [0.2, 0.25) is 0 Å². The Bertz CT molecular complexity index is 1180. The van der Waals surface area contributed by atoms with Gasteiger partial charge in [-0.25, -0.2) is 0 Å². The summed E-state index contributed by atoms with van der Waals surface area (Å²) < 4.78 is 6.22. The predicted octanol–water partition coefficient (Wildman–Crippen LogP) is 7.24. The van der Waals surface area contributed by atoms with E-state index in [0.717, 1.165) is 12.2 Å². The second-order valence-electron chi connectivity index (χ2n) is 7.90. The third-order valence-corrected chi connectivity index (χ3v) is 5.90. The average Bonchev–Trinajstić information content (AvgIpc) is 2.70. The Morgan fingerprint density at radius 3 is 2.48 bits per heavy atom. The van der Waals surface area contributed by atoms with E-state index in [2.05, 4.69) is 81.4 Å². The van der Waals surface area contributed by atoms with Gasteiger partial charge in [0.05, 0.1) is 0 Å². The lowest BCUT2D eigenvalue weighted by Crippen LogP contribution is -2.06. The van der Waals surface area contributed by atoms with Crippen LogP contribution in [0.1, 0.15) is 43.4 Å². The molecule has 0 radical (unpaired) electrons. The Morgan fingerprint density at radius 2 is 1.67 bits per heavy atom. The van der Waals surface area contributed by atoms with Gasteiger partial charge < -0.3 is 4.74 Å². The minimum Gasteiger partial charge on any atom is -0.488 e. The van der Waals surface area contributed by atoms with E-state index in [-0.39, 0.29) is 0 Å². The van der Waals surface area contributed by atoms with E-state index in [1.165, 1.54) is 49.4 Å². The van der Waals surface area contributed by atoms with Crippen molar-refractivity contribution >= 4 is 21.5 Å². The molecule has 1 heterocycles. The number of hydrogen-bond acceptors (Lipinski definition) is 1. The Labute approximate surface area is 160 Å². The molecule has 27 heavy (non-hydrogen) atoms. The first-order valence-electron chi connectivity index (χ1n) is 9.89. The van der Waals surface area contributed by atoms with Crippen LogP contribution in [0.2, 0.25) is 0 Å². The van der Waals surface area contributed by atoms with Crippen LogP contribution in [-0.4, -0.2) is 0 Å². The summed E-state index contributed by atoms with van der Waals surface area (Å²) in [5, 5.41) is 5.15. The molecule has 0 saturated heterocycles. The quantitative estimate of drug-likeness (QED) is 0.369. The summed E-state index contributed by atoms with van der Waals surface area (Å²) in [6.45, 7) is 7.32. The lowest BCUT2D eigenvalue weighted by Gasteiger charge is -2.23. The molecule has 5 rings (SSSR count). The average molecular weight is 352 g/mol. The first-order valence-corrected chi connectivity index (χ1v) is 9.89. The Hall–Kier alpha value is -2.80. The van der Waals surface area contributed by atoms with Gasteiger partial charge in [-0.15, -0.1) is 0 Å². The van der Waals surface area contributed by atoms with Crippen LogP contribution in [0.4, 0.5) is 0 Å². The number of ether oxygens (including phenoxy) is 1. The van der Waals surface area contributed by atoms with Crippen LogP contribution in [0.5, 0.6) is 5.75 Å². The zero-order chi connectivity index (χ0) is 18.5. The van der Waals surface area contributed by atoms with Crippen LogP contribution in [0.3, 0.4) is 0 Å². The van der Waals surface area contributed by atoms with Gasteiger partial charge in [0.15, 0.2) is 0 Å². The highest BCUT2D eigenvalue weighted by atomic mass is 16.5. The highest BCUT2D eigenvalue weighted by molar-refractivity contribution is 5.97. The van der Waals surface area contributed by atoms with Crippen LogP contribution in [0.15, 0.2) is 60.7 Å². The van der Waals surface area contributed by atoms with Gasteiger partial charge in [-0.2, -0.15) is 0 Å². The van der Waals surface area contributed by atoms with Gasteiger partial charge >= 0.3 is 0 Å². The predicted molar refractivity (Wildman–Crippen MR) is 115 cm³/mol. The molecule has 0 N–H and O–H groups in total. The fraction of sp³-hybridized carbons (Fsp3) is 0.231. The fourth-order valence-corrected chi connectivity index (χ4v) is 4.21. The monoisotopic (exact) mass is 352 g/mol. The topological polar surface area (TPSA) is 9.23 Å². The molecule has 0 aliphatic carbocycles. The zero-order valence-corrected chi connectivity index (χ0v) is 16.2. The second-order valence-corrected chi connectivity index (χ2v) is 7.90. The molecule has 1 aliphatic heterocycles. The van der Waals surface area contributed by atoms with E-state index >= 15 is 0 Å². The largest absolute Gasteiger partial charge is 0.488 e. The van der Waals surface area contributed by atoms with Crippen LogP contribution >= 0.6 is 0 Å². The first-order chi connectivity index (χ1) is 13.1. The molecular weight excluding hydrogens is 328 g/mol. The molecule has 0 fully saturated rings. The van der Waals surface area contributed by atoms with Crippen molar-refractivity contribution in [3.05, 3.63) is 77.4 Å². The molecule has 0 saturated carbocycles. The summed E-state index contributed by atoms with van der Waals surface area (Å²) in [7, 11) is 0. The molecule has 1 aliphatic rings. The van der Waals surface area contributed by atoms with E-state index in [1.807, 2.05) is 0 Å². The van der Waals surface area contributed by atoms with Crippen molar-refractivity contribution in [3.63, 3.8) is 0 Å². The molecule has 1 heteroatoms. The fourth-order valence-electron chi connectivity index (χ4n) is 4.21. The summed E-state index contributed by atoms with van der Waals surface area (Å²) in [5.41, 5.74) is 6.58. The van der Waals surface area contributed by atoms with Crippen LogP contribution in [0.25, 0.3) is 32.7 Å². The summed E-state index contributed by atoms with van der Waals surface area (Å²) in [6.07, 6.45) is 1.07. The maximum absolute atomic E-state index is 6.22. The summed E-state index contributed by atoms with van der Waals surface area (Å²) in [6, 6.07) is 22.6. The maximum atomic E-state index is 6.22. The smallest absolute Gasteiger partial charge is 0.128 e. The molecule has 0 bridgehead atoms. The van der Waals surface area contributed by atoms with Crippen LogP contribution < -0.4 is 4.74 Å². The first kappa shape index (κ1) is 16.4. The SMILES string of the molecule is CCc1ccc2c3c(ccc2c1)-c1cc2ccc(C(C)C)cc2cc1OC3. The molecule has 0 amide bonds. The number of fused-ring (bicyclic) bond motifs is 6. The minimum absolute atomic E-state index is 0.534. The van der Waals surface area contributed by atoms with Crippen molar-refractivity contribution in [2.24, 2.45) is 0 Å². The van der Waals surface area contributed by atoms with Crippen molar-refractivity contribution in [1.82, 2.24) is 0 Å². The molecule has 4 aromatic rings. The van der Waals surface area contributed by atoms with Crippen molar-refractivity contribution in [1.29, 1.82) is 0 Å². The zero-order valence-electron chi connectivity index (χ0n) is 16.2. The van der Waals surface area contributed by atoms with Gasteiger partial charge in [-0.3, -0.25) is 0 Å². The highest BCUT2D eigenvalue weighted by Crippen LogP contribution is 2.43. The highest BCUT2D eigenvalue weighted by Gasteiger charge is 2.20. The second kappa shape index (κ2) is 6.13. The number of benzene rings is 4. The standard InChI is InChI=1S/C26H24O/c1-4-17-5-9-22-20(11-17)8-10-23-24-13-19-7-6-18(16(2)3)12-21(19)14-26(24)27-15-25(22)23/h5-14,16H,4,15H2,1-3H3. The van der Waals surface area contributed by atoms with Crippen molar-refractivity contribution < 1.29 is 4.74 Å². The van der Waals surface area contributed by atoms with Crippen molar-refractivity contribution in [3.8, 4) is 16.9 Å². The molecule has 134 valence electrons. The summed E-state index contributed by atoms with van der Waals surface area (Å²) >= 11 is 0. The Kier molecular flexibility index (Phi) is 3.72. The van der Waals surface area contributed by atoms with Gasteiger partial charge in [0, 0.05) is 11.1 Å². The normalized spacial score (nSPS) is 12.9. The lowest BCUT2D eigenvalue weighted by molar-refractivity contribution is 0.304. The van der Waals surface area contributed by atoms with E-state index in [9.17, 15) is 0 Å². The van der Waals surface area contributed by atoms with Crippen molar-refractivity contribution in [2.75, 3.05) is 0 Å². The third-order valence-electron chi connectivity index (χ3n) is 5.90. The molecule has 0 aromatic heterocycles. The van der Waals surface area contributed by atoms with Gasteiger partial charge in [-0.05, 0) is 62.7 Å². The van der Waals surface area contributed by atoms with E-state index in [0.29, 0.717) is 12.5 Å². The summed E-state index contributed by atoms with van der Waals surface area (Å²) in [4.78, 5) is 0. The number of rotatable bonds is 2. The maximum Gasteiger partial charge on any atom is 0.128 e. The van der Waals surface area contributed by atoms with Crippen LogP contribution in [-0.2, 0) is 13.0 Å². The molecule has 0 unspecified atom stereocenters. The summed E-state index contributed by atoms with van der Waals surface area (Å²) in [5.74, 6) is 1.53. The molecule has 1 nitrogen and oxygen atoms in total. The van der Waals surface area contributed by atoms with E-state index in [1.54, 1.807) is 0 Å². The molecule has 0 spiro atoms. The molecule has 4 aromatic carbocycles. The third kappa shape index (κ3) is 2.61. The van der Waals surface area contributed by atoms with Crippen LogP contribution in [0, 0.1) is 0 Å². The van der Waals surface area contributed by atoms with Crippen molar-refractivity contribution in [2.45, 2.75) is 39.7 Å². The lowest BCUT2D eigenvalue weighted by atomic mass is 9.89. The number of aryl methyl sites for hydroxylation is 1.